The number of aromatic nitrogens is 3. The predicted molar refractivity (Wildman–Crippen MR) is 59.0 cm³/mol. The molecule has 0 saturated carbocycles. The Labute approximate surface area is 93.0 Å². The fourth-order valence-electron chi connectivity index (χ4n) is 1.33. The van der Waals surface area contributed by atoms with Crippen LogP contribution in [0.1, 0.15) is 5.69 Å². The van der Waals surface area contributed by atoms with E-state index in [0.29, 0.717) is 11.5 Å². The molecule has 5 nitrogen and oxygen atoms in total. The van der Waals surface area contributed by atoms with Gasteiger partial charge >= 0.3 is 0 Å². The van der Waals surface area contributed by atoms with Crippen LogP contribution in [0.5, 0.6) is 0 Å². The fraction of sp³-hybridized carbons (Fsp3) is 0.0909. The minimum Gasteiger partial charge on any atom is -0.326 e. The number of nitrogens with zero attached hydrogens (tertiary/aromatic N) is 5. The van der Waals surface area contributed by atoms with Gasteiger partial charge in [-0.3, -0.25) is 4.98 Å². The summed E-state index contributed by atoms with van der Waals surface area (Å²) in [5.41, 5.74) is 1.16. The van der Waals surface area contributed by atoms with Crippen LogP contribution in [0.15, 0.2) is 36.9 Å². The van der Waals surface area contributed by atoms with Crippen LogP contribution in [-0.2, 0) is 0 Å². The highest BCUT2D eigenvalue weighted by Crippen LogP contribution is 2.21. The molecule has 0 saturated heterocycles. The van der Waals surface area contributed by atoms with Crippen molar-refractivity contribution in [2.24, 2.45) is 0 Å². The third-order valence-electron chi connectivity index (χ3n) is 2.14. The summed E-state index contributed by atoms with van der Waals surface area (Å²) in [6, 6.07) is 5.73. The Balaban J connectivity index is 2.42. The molecule has 2 aromatic rings. The highest BCUT2D eigenvalue weighted by atomic mass is 15.2. The van der Waals surface area contributed by atoms with E-state index < -0.39 is 0 Å². The maximum Gasteiger partial charge on any atom is 0.183 e. The van der Waals surface area contributed by atoms with E-state index in [9.17, 15) is 0 Å². The lowest BCUT2D eigenvalue weighted by atomic mass is 10.3. The van der Waals surface area contributed by atoms with Crippen molar-refractivity contribution in [2.45, 2.75) is 0 Å². The van der Waals surface area contributed by atoms with Crippen LogP contribution in [0.4, 0.5) is 11.5 Å². The summed E-state index contributed by atoms with van der Waals surface area (Å²) in [5, 5.41) is 8.92. The van der Waals surface area contributed by atoms with Gasteiger partial charge in [0, 0.05) is 25.6 Å². The van der Waals surface area contributed by atoms with Gasteiger partial charge in [0.25, 0.3) is 0 Å². The molecule has 2 aromatic heterocycles. The Hall–Kier alpha value is -2.48. The van der Waals surface area contributed by atoms with Crippen molar-refractivity contribution in [1.82, 2.24) is 15.0 Å². The van der Waals surface area contributed by atoms with Gasteiger partial charge in [-0.05, 0) is 12.1 Å². The monoisotopic (exact) mass is 211 g/mol. The molecule has 0 aliphatic carbocycles. The quantitative estimate of drug-likeness (QED) is 0.753. The second kappa shape index (κ2) is 4.36. The van der Waals surface area contributed by atoms with Gasteiger partial charge in [0.05, 0.1) is 11.9 Å². The Morgan fingerprint density at radius 1 is 1.25 bits per heavy atom. The smallest absolute Gasteiger partial charge is 0.183 e. The zero-order valence-electron chi connectivity index (χ0n) is 8.70. The molecule has 0 aliphatic rings. The second-order valence-corrected chi connectivity index (χ2v) is 3.11. The summed E-state index contributed by atoms with van der Waals surface area (Å²) in [5.74, 6) is 0.526. The third-order valence-corrected chi connectivity index (χ3v) is 2.14. The van der Waals surface area contributed by atoms with Gasteiger partial charge in [0.2, 0.25) is 0 Å². The summed E-state index contributed by atoms with van der Waals surface area (Å²) < 4.78 is 0. The molecule has 5 heteroatoms. The molecule has 0 bridgehead atoms. The predicted octanol–water partition coefficient (Wildman–Crippen LogP) is 1.51. The molecule has 0 aliphatic heterocycles. The van der Waals surface area contributed by atoms with Gasteiger partial charge in [-0.25, -0.2) is 9.97 Å². The molecular weight excluding hydrogens is 202 g/mol. The normalized spacial score (nSPS) is 9.50. The SMILES string of the molecule is CN(c1cccnc1)c1nccnc1C#N. The third kappa shape index (κ3) is 1.81. The van der Waals surface area contributed by atoms with Crippen molar-refractivity contribution in [2.75, 3.05) is 11.9 Å². The van der Waals surface area contributed by atoms with Crippen molar-refractivity contribution in [1.29, 1.82) is 5.26 Å². The molecular formula is C11H9N5. The first-order valence-electron chi connectivity index (χ1n) is 4.68. The van der Waals surface area contributed by atoms with E-state index in [1.165, 1.54) is 6.20 Å². The molecule has 78 valence electrons. The zero-order chi connectivity index (χ0) is 11.4. The van der Waals surface area contributed by atoms with Gasteiger partial charge in [0.15, 0.2) is 11.5 Å². The average Bonchev–Trinajstić information content (AvgIpc) is 2.39. The molecule has 0 atom stereocenters. The first-order chi connectivity index (χ1) is 7.83. The molecule has 0 unspecified atom stereocenters. The lowest BCUT2D eigenvalue weighted by molar-refractivity contribution is 1.06. The average molecular weight is 211 g/mol. The molecule has 0 fully saturated rings. The molecule has 2 rings (SSSR count). The van der Waals surface area contributed by atoms with Crippen molar-refractivity contribution in [3.8, 4) is 6.07 Å². The molecule has 2 heterocycles. The number of pyridine rings is 1. The Bertz CT molecular complexity index is 517. The highest BCUT2D eigenvalue weighted by Gasteiger charge is 2.10. The van der Waals surface area contributed by atoms with Crippen LogP contribution in [-0.4, -0.2) is 22.0 Å². The van der Waals surface area contributed by atoms with E-state index in [2.05, 4.69) is 15.0 Å². The summed E-state index contributed by atoms with van der Waals surface area (Å²) in [6.45, 7) is 0. The minimum atomic E-state index is 0.300. The largest absolute Gasteiger partial charge is 0.326 e. The molecule has 0 amide bonds. The molecule has 16 heavy (non-hydrogen) atoms. The van der Waals surface area contributed by atoms with Crippen LogP contribution >= 0.6 is 0 Å². The van der Waals surface area contributed by atoms with Gasteiger partial charge < -0.3 is 4.90 Å². The number of anilines is 2. The number of hydrogen-bond acceptors (Lipinski definition) is 5. The Kier molecular flexibility index (Phi) is 2.74. The van der Waals surface area contributed by atoms with Gasteiger partial charge in [-0.1, -0.05) is 0 Å². The number of rotatable bonds is 2. The zero-order valence-corrected chi connectivity index (χ0v) is 8.70. The second-order valence-electron chi connectivity index (χ2n) is 3.11. The first-order valence-corrected chi connectivity index (χ1v) is 4.68. The van der Waals surface area contributed by atoms with E-state index in [-0.39, 0.29) is 0 Å². The van der Waals surface area contributed by atoms with Crippen molar-refractivity contribution in [3.63, 3.8) is 0 Å². The van der Waals surface area contributed by atoms with E-state index in [4.69, 9.17) is 5.26 Å². The van der Waals surface area contributed by atoms with Crippen LogP contribution in [0.25, 0.3) is 0 Å². The van der Waals surface area contributed by atoms with Crippen molar-refractivity contribution < 1.29 is 0 Å². The molecule has 0 aromatic carbocycles. The highest BCUT2D eigenvalue weighted by molar-refractivity contribution is 5.62. The maximum atomic E-state index is 8.92. The van der Waals surface area contributed by atoms with Gasteiger partial charge in [-0.15, -0.1) is 0 Å². The summed E-state index contributed by atoms with van der Waals surface area (Å²) in [7, 11) is 1.82. The first kappa shape index (κ1) is 10.1. The topological polar surface area (TPSA) is 65.7 Å². The Morgan fingerprint density at radius 2 is 2.06 bits per heavy atom. The number of hydrogen-bond donors (Lipinski definition) is 0. The van der Waals surface area contributed by atoms with Gasteiger partial charge in [-0.2, -0.15) is 5.26 Å². The van der Waals surface area contributed by atoms with Crippen LogP contribution < -0.4 is 4.90 Å². The molecule has 0 radical (unpaired) electrons. The Morgan fingerprint density at radius 3 is 2.75 bits per heavy atom. The van der Waals surface area contributed by atoms with Crippen molar-refractivity contribution >= 4 is 11.5 Å². The minimum absolute atomic E-state index is 0.300. The fourth-order valence-corrected chi connectivity index (χ4v) is 1.33. The van der Waals surface area contributed by atoms with Crippen LogP contribution in [0, 0.1) is 11.3 Å². The van der Waals surface area contributed by atoms with Crippen molar-refractivity contribution in [3.05, 3.63) is 42.6 Å². The number of nitriles is 1. The lowest BCUT2D eigenvalue weighted by Gasteiger charge is -2.17. The maximum absolute atomic E-state index is 8.92. The van der Waals surface area contributed by atoms with E-state index >= 15 is 0 Å². The molecule has 0 spiro atoms. The van der Waals surface area contributed by atoms with Crippen LogP contribution in [0.2, 0.25) is 0 Å². The van der Waals surface area contributed by atoms with E-state index in [0.717, 1.165) is 5.69 Å². The van der Waals surface area contributed by atoms with E-state index in [1.807, 2.05) is 25.2 Å². The standard InChI is InChI=1S/C11H9N5/c1-16(9-3-2-4-13-8-9)11-10(7-12)14-5-6-15-11/h2-6,8H,1H3. The lowest BCUT2D eigenvalue weighted by Crippen LogP contribution is -2.13. The summed E-state index contributed by atoms with van der Waals surface area (Å²) in [6.07, 6.45) is 6.46. The summed E-state index contributed by atoms with van der Waals surface area (Å²) >= 11 is 0. The molecule has 0 N–H and O–H groups in total. The summed E-state index contributed by atoms with van der Waals surface area (Å²) in [4.78, 5) is 13.9. The van der Waals surface area contributed by atoms with Crippen LogP contribution in [0.3, 0.4) is 0 Å². The van der Waals surface area contributed by atoms with E-state index in [1.54, 1.807) is 23.5 Å². The van der Waals surface area contributed by atoms with Gasteiger partial charge in [0.1, 0.15) is 6.07 Å².